The van der Waals surface area contributed by atoms with Gasteiger partial charge in [-0.3, -0.25) is 14.9 Å². The van der Waals surface area contributed by atoms with Crippen molar-refractivity contribution in [1.29, 1.82) is 0 Å². The monoisotopic (exact) mass is 442 g/mol. The third-order valence-electron chi connectivity index (χ3n) is 4.71. The van der Waals surface area contributed by atoms with Crippen LogP contribution in [0.25, 0.3) is 10.9 Å². The molecule has 0 spiro atoms. The summed E-state index contributed by atoms with van der Waals surface area (Å²) < 4.78 is 0. The molecule has 0 fully saturated rings. The average Bonchev–Trinajstić information content (AvgIpc) is 3.29. The van der Waals surface area contributed by atoms with Crippen molar-refractivity contribution in [2.45, 2.75) is 40.0 Å². The number of anilines is 1. The van der Waals surface area contributed by atoms with Crippen molar-refractivity contribution in [1.82, 2.24) is 9.97 Å². The van der Waals surface area contributed by atoms with Crippen molar-refractivity contribution in [3.63, 3.8) is 0 Å². The molecule has 0 bridgehead atoms. The number of Topliss-reactive ketones (excluding diaryl/α,β-unsaturated/α-hetero) is 1. The van der Waals surface area contributed by atoms with Crippen LogP contribution in [0.15, 0.2) is 23.6 Å². The molecule has 1 aromatic carbocycles. The van der Waals surface area contributed by atoms with Gasteiger partial charge in [-0.1, -0.05) is 20.8 Å². The Balaban J connectivity index is 1.83. The minimum Gasteiger partial charge on any atom is -0.477 e. The quantitative estimate of drug-likeness (QED) is 0.388. The Labute approximate surface area is 183 Å². The third kappa shape index (κ3) is 5.36. The maximum Gasteiger partial charge on any atom is 0.352 e. The van der Waals surface area contributed by atoms with Gasteiger partial charge < -0.3 is 15.8 Å². The van der Waals surface area contributed by atoms with E-state index in [0.29, 0.717) is 58.7 Å². The molecule has 0 saturated carbocycles. The molecule has 3 rings (SSSR count). The van der Waals surface area contributed by atoms with E-state index >= 15 is 0 Å². The predicted octanol–water partition coefficient (Wildman–Crippen LogP) is 4.09. The number of hydrogen-bond donors (Lipinski definition) is 4. The molecule has 0 radical (unpaired) electrons. The van der Waals surface area contributed by atoms with Gasteiger partial charge in [0.1, 0.15) is 11.4 Å². The van der Waals surface area contributed by atoms with Gasteiger partial charge in [-0.15, -0.1) is 11.3 Å². The zero-order valence-electron chi connectivity index (χ0n) is 17.7. The number of carboxylic acid groups (broad SMARTS) is 1. The lowest BCUT2D eigenvalue weighted by Gasteiger charge is -2.15. The van der Waals surface area contributed by atoms with Crippen molar-refractivity contribution in [3.05, 3.63) is 46.1 Å². The zero-order valence-corrected chi connectivity index (χ0v) is 18.6. The molecule has 8 nitrogen and oxygen atoms in total. The molecule has 0 unspecified atom stereocenters. The van der Waals surface area contributed by atoms with Crippen molar-refractivity contribution < 1.29 is 19.5 Å². The summed E-state index contributed by atoms with van der Waals surface area (Å²) in [6.07, 6.45) is 1.49. The van der Waals surface area contributed by atoms with Gasteiger partial charge in [-0.05, 0) is 48.6 Å². The van der Waals surface area contributed by atoms with E-state index in [-0.39, 0.29) is 22.8 Å². The predicted molar refractivity (Wildman–Crippen MR) is 121 cm³/mol. The summed E-state index contributed by atoms with van der Waals surface area (Å²) in [5.74, 6) is -1.50. The first-order valence-corrected chi connectivity index (χ1v) is 10.8. The number of amides is 1. The summed E-state index contributed by atoms with van der Waals surface area (Å²) in [6.45, 7) is 6.38. The van der Waals surface area contributed by atoms with Crippen LogP contribution in [-0.4, -0.2) is 39.3 Å². The maximum atomic E-state index is 12.8. The molecule has 0 aliphatic carbocycles. The van der Waals surface area contributed by atoms with E-state index in [9.17, 15) is 19.5 Å². The molecule has 0 atom stereocenters. The molecular formula is C22H26N4O4S. The molecular weight excluding hydrogens is 416 g/mol. The molecule has 2 heterocycles. The van der Waals surface area contributed by atoms with Crippen LogP contribution in [-0.2, 0) is 6.42 Å². The van der Waals surface area contributed by atoms with Crippen LogP contribution in [0.5, 0.6) is 0 Å². The van der Waals surface area contributed by atoms with Crippen LogP contribution in [0.1, 0.15) is 70.5 Å². The Kier molecular flexibility index (Phi) is 6.56. The van der Waals surface area contributed by atoms with E-state index in [1.165, 1.54) is 11.3 Å². The highest BCUT2D eigenvalue weighted by Gasteiger charge is 2.21. The van der Waals surface area contributed by atoms with Crippen LogP contribution < -0.4 is 11.1 Å². The van der Waals surface area contributed by atoms with E-state index in [1.807, 2.05) is 20.8 Å². The molecule has 0 aliphatic rings. The number of aryl methyl sites for hydroxylation is 1. The van der Waals surface area contributed by atoms with Gasteiger partial charge in [-0.25, -0.2) is 9.78 Å². The summed E-state index contributed by atoms with van der Waals surface area (Å²) >= 11 is 1.19. The molecule has 2 aromatic heterocycles. The number of carbonyl (C=O) groups is 3. The summed E-state index contributed by atoms with van der Waals surface area (Å²) in [6, 6.07) is 4.97. The first-order valence-electron chi connectivity index (χ1n) is 9.97. The highest BCUT2D eigenvalue weighted by molar-refractivity contribution is 7.14. The number of carboxylic acids is 1. The fraction of sp³-hybridized carbons (Fsp3) is 0.364. The van der Waals surface area contributed by atoms with Gasteiger partial charge in [-0.2, -0.15) is 0 Å². The van der Waals surface area contributed by atoms with E-state index in [0.717, 1.165) is 0 Å². The van der Waals surface area contributed by atoms with E-state index in [4.69, 9.17) is 5.73 Å². The normalized spacial score (nSPS) is 11.6. The smallest absolute Gasteiger partial charge is 0.352 e. The number of fused-ring (bicyclic) bond motifs is 1. The number of aromatic amines is 1. The summed E-state index contributed by atoms with van der Waals surface area (Å²) in [5, 5.41) is 14.9. The molecule has 3 aromatic rings. The number of hydrogen-bond acceptors (Lipinski definition) is 6. The topological polar surface area (TPSA) is 138 Å². The third-order valence-corrected chi connectivity index (χ3v) is 5.47. The SMILES string of the molecule is CC(C)(C)CC(=O)c1csc(NC(=O)c2ccc3[nH]c(C(=O)O)c(CCCN)c3c2)n1. The Morgan fingerprint density at radius 2 is 2.00 bits per heavy atom. The Bertz CT molecular complexity index is 1140. The summed E-state index contributed by atoms with van der Waals surface area (Å²) in [5.41, 5.74) is 7.54. The molecule has 164 valence electrons. The molecule has 31 heavy (non-hydrogen) atoms. The van der Waals surface area contributed by atoms with Crippen molar-refractivity contribution in [3.8, 4) is 0 Å². The number of thiazole rings is 1. The fourth-order valence-electron chi connectivity index (χ4n) is 3.31. The van der Waals surface area contributed by atoms with Gasteiger partial charge in [0.05, 0.1) is 0 Å². The number of benzene rings is 1. The van der Waals surface area contributed by atoms with Crippen LogP contribution in [0.4, 0.5) is 5.13 Å². The van der Waals surface area contributed by atoms with Crippen molar-refractivity contribution >= 4 is 45.0 Å². The Morgan fingerprint density at radius 1 is 1.26 bits per heavy atom. The number of nitrogens with two attached hydrogens (primary N) is 1. The van der Waals surface area contributed by atoms with Crippen molar-refractivity contribution in [2.24, 2.45) is 11.1 Å². The number of rotatable bonds is 8. The minimum absolute atomic E-state index is 0.0660. The van der Waals surface area contributed by atoms with Gasteiger partial charge in [0.2, 0.25) is 0 Å². The van der Waals surface area contributed by atoms with Crippen LogP contribution in [0.2, 0.25) is 0 Å². The standard InChI is InChI=1S/C22H26N4O4S/c1-22(2,3)10-17(27)16-11-31-21(25-16)26-19(28)12-6-7-15-14(9-12)13(5-4-8-23)18(24-15)20(29)30/h6-7,9,11,24H,4-5,8,10,23H2,1-3H3,(H,29,30)(H,25,26,28). The second kappa shape index (κ2) is 8.99. The van der Waals surface area contributed by atoms with Crippen molar-refractivity contribution in [2.75, 3.05) is 11.9 Å². The maximum absolute atomic E-state index is 12.8. The number of ketones is 1. The van der Waals surface area contributed by atoms with Gasteiger partial charge >= 0.3 is 5.97 Å². The van der Waals surface area contributed by atoms with Gasteiger partial charge in [0.25, 0.3) is 5.91 Å². The largest absolute Gasteiger partial charge is 0.477 e. The second-order valence-corrected chi connectivity index (χ2v) is 9.45. The number of aromatic carboxylic acids is 1. The van der Waals surface area contributed by atoms with E-state index in [1.54, 1.807) is 23.6 Å². The zero-order chi connectivity index (χ0) is 22.8. The first kappa shape index (κ1) is 22.6. The number of H-pyrrole nitrogens is 1. The van der Waals surface area contributed by atoms with Crippen LogP contribution >= 0.6 is 11.3 Å². The van der Waals surface area contributed by atoms with Crippen LogP contribution in [0, 0.1) is 5.41 Å². The molecule has 1 amide bonds. The van der Waals surface area contributed by atoms with Crippen LogP contribution in [0.3, 0.4) is 0 Å². The molecule has 0 aliphatic heterocycles. The summed E-state index contributed by atoms with van der Waals surface area (Å²) in [4.78, 5) is 43.8. The average molecular weight is 443 g/mol. The highest BCUT2D eigenvalue weighted by Crippen LogP contribution is 2.27. The number of nitrogens with one attached hydrogen (secondary N) is 2. The molecule has 5 N–H and O–H groups in total. The lowest BCUT2D eigenvalue weighted by atomic mass is 9.89. The number of nitrogens with zero attached hydrogens (tertiary/aromatic N) is 1. The number of carbonyl (C=O) groups excluding carboxylic acids is 2. The molecule has 0 saturated heterocycles. The Morgan fingerprint density at radius 3 is 2.65 bits per heavy atom. The highest BCUT2D eigenvalue weighted by atomic mass is 32.1. The lowest BCUT2D eigenvalue weighted by Crippen LogP contribution is -2.14. The van der Waals surface area contributed by atoms with Gasteiger partial charge in [0, 0.05) is 28.3 Å². The molecule has 9 heteroatoms. The second-order valence-electron chi connectivity index (χ2n) is 8.59. The fourth-order valence-corrected chi connectivity index (χ4v) is 4.02. The van der Waals surface area contributed by atoms with E-state index in [2.05, 4.69) is 15.3 Å². The Hall–Kier alpha value is -3.04. The van der Waals surface area contributed by atoms with Gasteiger partial charge in [0.15, 0.2) is 10.9 Å². The lowest BCUT2D eigenvalue weighted by molar-refractivity contribution is 0.0689. The van der Waals surface area contributed by atoms with E-state index < -0.39 is 5.97 Å². The number of aromatic nitrogens is 2. The minimum atomic E-state index is -1.05. The first-order chi connectivity index (χ1) is 14.6. The summed E-state index contributed by atoms with van der Waals surface area (Å²) in [7, 11) is 0.